The summed E-state index contributed by atoms with van der Waals surface area (Å²) in [5.41, 5.74) is 11.9. The van der Waals surface area contributed by atoms with E-state index in [1.807, 2.05) is 48.3 Å². The van der Waals surface area contributed by atoms with Crippen molar-refractivity contribution in [3.05, 3.63) is 48.3 Å². The maximum atomic E-state index is 6.22. The average Bonchev–Trinajstić information content (AvgIpc) is 3.15. The molecule has 0 aliphatic rings. The average molecular weight is 335 g/mol. The van der Waals surface area contributed by atoms with Crippen LogP contribution in [0.4, 0.5) is 5.00 Å². The molecule has 0 atom stereocenters. The molecule has 0 aliphatic heterocycles. The molecular weight excluding hydrogens is 318 g/mol. The van der Waals surface area contributed by atoms with E-state index in [0.29, 0.717) is 5.00 Å². The number of pyridine rings is 1. The Kier molecular flexibility index (Phi) is 3.54. The van der Waals surface area contributed by atoms with Gasteiger partial charge < -0.3 is 5.73 Å². The third-order valence-corrected chi connectivity index (χ3v) is 4.71. The molecule has 4 aromatic rings. The fourth-order valence-electron chi connectivity index (χ4n) is 2.86. The fraction of sp³-hybridized carbons (Fsp3) is 0.167. The molecule has 0 saturated heterocycles. The number of hydrogen-bond acceptors (Lipinski definition) is 5. The van der Waals surface area contributed by atoms with Crippen molar-refractivity contribution in [2.45, 2.75) is 13.3 Å². The van der Waals surface area contributed by atoms with Crippen LogP contribution in [0.5, 0.6) is 0 Å². The van der Waals surface area contributed by atoms with Gasteiger partial charge in [-0.25, -0.2) is 0 Å². The van der Waals surface area contributed by atoms with Gasteiger partial charge in [0.2, 0.25) is 0 Å². The van der Waals surface area contributed by atoms with Crippen molar-refractivity contribution in [1.29, 1.82) is 0 Å². The number of fused-ring (bicyclic) bond motifs is 1. The number of aryl methyl sites for hydroxylation is 2. The summed E-state index contributed by atoms with van der Waals surface area (Å²) in [5.74, 6) is 0. The van der Waals surface area contributed by atoms with Crippen molar-refractivity contribution in [2.24, 2.45) is 7.05 Å². The summed E-state index contributed by atoms with van der Waals surface area (Å²) in [5, 5.41) is 6.20. The van der Waals surface area contributed by atoms with E-state index in [-0.39, 0.29) is 0 Å². The number of nitrogen functional groups attached to an aromatic ring is 1. The highest BCUT2D eigenvalue weighted by atomic mass is 32.1. The van der Waals surface area contributed by atoms with Crippen LogP contribution in [0.1, 0.15) is 12.6 Å². The Hall–Kier alpha value is -2.73. The van der Waals surface area contributed by atoms with Crippen molar-refractivity contribution in [3.63, 3.8) is 0 Å². The normalized spacial score (nSPS) is 11.2. The summed E-state index contributed by atoms with van der Waals surface area (Å²) in [6.45, 7) is 2.10. The fourth-order valence-corrected chi connectivity index (χ4v) is 3.54. The molecule has 4 rings (SSSR count). The molecule has 0 spiro atoms. The second kappa shape index (κ2) is 5.72. The summed E-state index contributed by atoms with van der Waals surface area (Å²) in [7, 11) is 1.92. The van der Waals surface area contributed by atoms with Gasteiger partial charge >= 0.3 is 0 Å². The lowest BCUT2D eigenvalue weighted by Gasteiger charge is -2.06. The molecule has 0 unspecified atom stereocenters. The van der Waals surface area contributed by atoms with Crippen LogP contribution in [0.15, 0.2) is 42.6 Å². The van der Waals surface area contributed by atoms with Crippen LogP contribution in [-0.2, 0) is 13.5 Å². The van der Waals surface area contributed by atoms with Crippen LogP contribution < -0.4 is 5.73 Å². The van der Waals surface area contributed by atoms with Crippen molar-refractivity contribution in [1.82, 2.24) is 19.1 Å². The maximum Gasteiger partial charge on any atom is 0.116 e. The third kappa shape index (κ3) is 2.45. The zero-order chi connectivity index (χ0) is 16.7. The Bertz CT molecular complexity index is 1030. The highest BCUT2D eigenvalue weighted by molar-refractivity contribution is 7.11. The highest BCUT2D eigenvalue weighted by Gasteiger charge is 2.17. The number of nitrogens with two attached hydrogens (primary N) is 1. The second-order valence-electron chi connectivity index (χ2n) is 5.71. The molecule has 0 aliphatic carbocycles. The summed E-state index contributed by atoms with van der Waals surface area (Å²) in [6.07, 6.45) is 2.90. The summed E-state index contributed by atoms with van der Waals surface area (Å²) < 4.78 is 6.40. The van der Waals surface area contributed by atoms with E-state index < -0.39 is 0 Å². The molecule has 2 N–H and O–H groups in total. The van der Waals surface area contributed by atoms with Crippen LogP contribution in [0.2, 0.25) is 0 Å². The monoisotopic (exact) mass is 335 g/mol. The number of rotatable bonds is 3. The van der Waals surface area contributed by atoms with Gasteiger partial charge in [-0.05, 0) is 42.2 Å². The van der Waals surface area contributed by atoms with Gasteiger partial charge in [0.1, 0.15) is 5.00 Å². The van der Waals surface area contributed by atoms with E-state index in [2.05, 4.69) is 22.5 Å². The van der Waals surface area contributed by atoms with Crippen LogP contribution in [0.3, 0.4) is 0 Å². The van der Waals surface area contributed by atoms with Gasteiger partial charge in [-0.2, -0.15) is 9.47 Å². The Morgan fingerprint density at radius 2 is 2.08 bits per heavy atom. The highest BCUT2D eigenvalue weighted by Crippen LogP contribution is 2.38. The maximum absolute atomic E-state index is 6.22. The number of anilines is 1. The Morgan fingerprint density at radius 1 is 1.21 bits per heavy atom. The smallest absolute Gasteiger partial charge is 0.116 e. The minimum atomic E-state index is 0.692. The molecule has 0 bridgehead atoms. The molecule has 3 aromatic heterocycles. The minimum absolute atomic E-state index is 0.692. The largest absolute Gasteiger partial charge is 0.389 e. The number of aromatic nitrogens is 4. The Labute approximate surface area is 143 Å². The van der Waals surface area contributed by atoms with Crippen molar-refractivity contribution >= 4 is 27.4 Å². The number of benzene rings is 1. The molecule has 1 aromatic carbocycles. The van der Waals surface area contributed by atoms with Gasteiger partial charge in [0.05, 0.1) is 22.5 Å². The lowest BCUT2D eigenvalue weighted by molar-refractivity contribution is 0.780. The standard InChI is InChI=1S/C18H17N5S/c1-3-13-5-4-6-15(20-13)16-17(22-24-18(16)19)11-7-8-14-12(9-11)10-23(2)21-14/h4-10H,3,19H2,1-2H3. The predicted octanol–water partition coefficient (Wildman–Crippen LogP) is 3.90. The third-order valence-electron chi connectivity index (χ3n) is 4.04. The molecule has 5 nitrogen and oxygen atoms in total. The topological polar surface area (TPSA) is 69.6 Å². The Balaban J connectivity index is 1.89. The lowest BCUT2D eigenvalue weighted by atomic mass is 10.0. The zero-order valence-corrected chi connectivity index (χ0v) is 14.3. The summed E-state index contributed by atoms with van der Waals surface area (Å²) in [4.78, 5) is 4.72. The van der Waals surface area contributed by atoms with Crippen LogP contribution >= 0.6 is 11.5 Å². The van der Waals surface area contributed by atoms with Crippen LogP contribution in [0.25, 0.3) is 33.4 Å². The molecule has 120 valence electrons. The van der Waals surface area contributed by atoms with Crippen LogP contribution in [-0.4, -0.2) is 19.1 Å². The number of nitrogens with zero attached hydrogens (tertiary/aromatic N) is 4. The van der Waals surface area contributed by atoms with E-state index in [0.717, 1.165) is 45.5 Å². The molecule has 0 fully saturated rings. The van der Waals surface area contributed by atoms with E-state index in [9.17, 15) is 0 Å². The molecule has 0 saturated carbocycles. The molecular formula is C18H17N5S. The molecule has 24 heavy (non-hydrogen) atoms. The van der Waals surface area contributed by atoms with E-state index in [1.165, 1.54) is 11.5 Å². The predicted molar refractivity (Wildman–Crippen MR) is 98.8 cm³/mol. The van der Waals surface area contributed by atoms with Gasteiger partial charge in [0.25, 0.3) is 0 Å². The van der Waals surface area contributed by atoms with Gasteiger partial charge in [0.15, 0.2) is 0 Å². The lowest BCUT2D eigenvalue weighted by Crippen LogP contribution is -1.93. The van der Waals surface area contributed by atoms with Crippen molar-refractivity contribution < 1.29 is 0 Å². The SMILES string of the molecule is CCc1cccc(-c2c(-c3ccc4nn(C)cc4c3)nsc2N)n1. The van der Waals surface area contributed by atoms with Crippen molar-refractivity contribution in [3.8, 4) is 22.5 Å². The molecule has 0 radical (unpaired) electrons. The quantitative estimate of drug-likeness (QED) is 0.616. The number of hydrogen-bond donors (Lipinski definition) is 1. The second-order valence-corrected chi connectivity index (χ2v) is 6.52. The first kappa shape index (κ1) is 14.8. The summed E-state index contributed by atoms with van der Waals surface area (Å²) >= 11 is 1.31. The van der Waals surface area contributed by atoms with Crippen LogP contribution in [0, 0.1) is 0 Å². The minimum Gasteiger partial charge on any atom is -0.389 e. The van der Waals surface area contributed by atoms with Gasteiger partial charge in [0, 0.05) is 29.9 Å². The first-order valence-corrected chi connectivity index (χ1v) is 8.58. The van der Waals surface area contributed by atoms with E-state index >= 15 is 0 Å². The molecule has 0 amide bonds. The van der Waals surface area contributed by atoms with E-state index in [4.69, 9.17) is 10.7 Å². The molecule has 3 heterocycles. The van der Waals surface area contributed by atoms with E-state index in [1.54, 1.807) is 0 Å². The van der Waals surface area contributed by atoms with Gasteiger partial charge in [-0.15, -0.1) is 0 Å². The van der Waals surface area contributed by atoms with Gasteiger partial charge in [-0.1, -0.05) is 19.1 Å². The molecule has 6 heteroatoms. The Morgan fingerprint density at radius 3 is 2.92 bits per heavy atom. The van der Waals surface area contributed by atoms with Crippen molar-refractivity contribution in [2.75, 3.05) is 5.73 Å². The first-order valence-electron chi connectivity index (χ1n) is 7.81. The first-order chi connectivity index (χ1) is 11.7. The zero-order valence-electron chi connectivity index (χ0n) is 13.5. The van der Waals surface area contributed by atoms with Gasteiger partial charge in [-0.3, -0.25) is 9.67 Å². The summed E-state index contributed by atoms with van der Waals surface area (Å²) in [6, 6.07) is 12.2.